The van der Waals surface area contributed by atoms with E-state index in [0.717, 1.165) is 12.2 Å². The van der Waals surface area contributed by atoms with Gasteiger partial charge in [0.05, 0.1) is 0 Å². The zero-order valence-electron chi connectivity index (χ0n) is 8.84. The molecule has 0 bridgehead atoms. The number of hydrogen-bond acceptors (Lipinski definition) is 1. The van der Waals surface area contributed by atoms with Gasteiger partial charge in [0.2, 0.25) is 0 Å². The number of rotatable bonds is 4. The van der Waals surface area contributed by atoms with Gasteiger partial charge in [0.25, 0.3) is 0 Å². The van der Waals surface area contributed by atoms with Gasteiger partial charge in [0.15, 0.2) is 0 Å². The smallest absolute Gasteiger partial charge is 0.149 e. The Kier molecular flexibility index (Phi) is 4.64. The molecule has 1 aromatic carbocycles. The lowest BCUT2D eigenvalue weighted by Gasteiger charge is -2.03. The predicted octanol–water partition coefficient (Wildman–Crippen LogP) is 3.04. The molecule has 0 aliphatic heterocycles. The van der Waals surface area contributed by atoms with E-state index in [1.807, 2.05) is 19.1 Å². The van der Waals surface area contributed by atoms with E-state index in [-0.39, 0.29) is 0 Å². The summed E-state index contributed by atoms with van der Waals surface area (Å²) in [5.74, 6) is 6.55. The molecule has 1 heteroatoms. The summed E-state index contributed by atoms with van der Waals surface area (Å²) in [5.41, 5.74) is 1.36. The molecule has 0 unspecified atom stereocenters. The number of benzene rings is 1. The Morgan fingerprint density at radius 2 is 1.93 bits per heavy atom. The van der Waals surface area contributed by atoms with E-state index in [9.17, 15) is 0 Å². The summed E-state index contributed by atoms with van der Waals surface area (Å²) in [6.45, 7) is 4.47. The summed E-state index contributed by atoms with van der Waals surface area (Å²) in [4.78, 5) is 0. The maximum Gasteiger partial charge on any atom is 0.149 e. The fourth-order valence-electron chi connectivity index (χ4n) is 1.23. The summed E-state index contributed by atoms with van der Waals surface area (Å²) in [6.07, 6.45) is 2.32. The van der Waals surface area contributed by atoms with Gasteiger partial charge >= 0.3 is 0 Å². The van der Waals surface area contributed by atoms with Crippen molar-refractivity contribution in [1.29, 1.82) is 0 Å². The summed E-state index contributed by atoms with van der Waals surface area (Å²) in [7, 11) is 0. The highest BCUT2D eigenvalue weighted by Crippen LogP contribution is 2.12. The molecule has 0 radical (unpaired) electrons. The van der Waals surface area contributed by atoms with Crippen LogP contribution in [0, 0.1) is 11.8 Å². The molecule has 0 spiro atoms. The lowest BCUT2D eigenvalue weighted by Crippen LogP contribution is -1.93. The normalized spacial score (nSPS) is 9.00. The van der Waals surface area contributed by atoms with Crippen molar-refractivity contribution < 1.29 is 4.74 Å². The van der Waals surface area contributed by atoms with Crippen molar-refractivity contribution in [3.05, 3.63) is 29.8 Å². The third-order valence-electron chi connectivity index (χ3n) is 1.95. The van der Waals surface area contributed by atoms with E-state index in [2.05, 4.69) is 30.9 Å². The zero-order chi connectivity index (χ0) is 10.2. The molecule has 1 rings (SSSR count). The lowest BCUT2D eigenvalue weighted by molar-refractivity contribution is 0.370. The van der Waals surface area contributed by atoms with Crippen LogP contribution in [0.4, 0.5) is 0 Å². The van der Waals surface area contributed by atoms with E-state index in [0.29, 0.717) is 6.61 Å². The molecule has 0 fully saturated rings. The van der Waals surface area contributed by atoms with Gasteiger partial charge in [-0.25, -0.2) is 0 Å². The molecular weight excluding hydrogens is 172 g/mol. The van der Waals surface area contributed by atoms with Crippen molar-refractivity contribution in [2.75, 3.05) is 6.61 Å². The topological polar surface area (TPSA) is 9.23 Å². The molecule has 0 saturated heterocycles. The van der Waals surface area contributed by atoms with Crippen molar-refractivity contribution in [1.82, 2.24) is 0 Å². The van der Waals surface area contributed by atoms with Crippen molar-refractivity contribution in [2.24, 2.45) is 0 Å². The first kappa shape index (κ1) is 10.7. The first-order chi connectivity index (χ1) is 6.86. The highest BCUT2D eigenvalue weighted by Gasteiger charge is 1.93. The van der Waals surface area contributed by atoms with Gasteiger partial charge < -0.3 is 4.74 Å². The Hall–Kier alpha value is -1.42. The first-order valence-corrected chi connectivity index (χ1v) is 4.98. The molecular formula is C13H16O. The Balaban J connectivity index is 2.49. The Morgan fingerprint density at radius 3 is 2.50 bits per heavy atom. The third kappa shape index (κ3) is 3.53. The maximum absolute atomic E-state index is 5.41. The van der Waals surface area contributed by atoms with Crippen LogP contribution in [0.25, 0.3) is 0 Å². The summed E-state index contributed by atoms with van der Waals surface area (Å²) >= 11 is 0. The van der Waals surface area contributed by atoms with Crippen molar-refractivity contribution in [2.45, 2.75) is 26.7 Å². The fraction of sp³-hybridized carbons (Fsp3) is 0.385. The van der Waals surface area contributed by atoms with Gasteiger partial charge in [-0.1, -0.05) is 31.4 Å². The van der Waals surface area contributed by atoms with Gasteiger partial charge in [-0.2, -0.15) is 0 Å². The van der Waals surface area contributed by atoms with Gasteiger partial charge in [-0.05, 0) is 31.0 Å². The van der Waals surface area contributed by atoms with Crippen LogP contribution in [0.1, 0.15) is 25.8 Å². The van der Waals surface area contributed by atoms with Crippen molar-refractivity contribution >= 4 is 0 Å². The predicted molar refractivity (Wildman–Crippen MR) is 59.4 cm³/mol. The van der Waals surface area contributed by atoms with Crippen molar-refractivity contribution in [3.8, 4) is 17.6 Å². The standard InChI is InChI=1S/C13H16O/c1-3-5-11-14-13-9-7-12(6-4-2)8-10-13/h7-10H,4,6,11H2,1-2H3. The molecule has 0 aromatic heterocycles. The van der Waals surface area contributed by atoms with E-state index < -0.39 is 0 Å². The highest BCUT2D eigenvalue weighted by molar-refractivity contribution is 5.27. The van der Waals surface area contributed by atoms with E-state index >= 15 is 0 Å². The molecule has 0 heterocycles. The summed E-state index contributed by atoms with van der Waals surface area (Å²) in [6, 6.07) is 8.22. The number of ether oxygens (including phenoxy) is 1. The largest absolute Gasteiger partial charge is 0.481 e. The van der Waals surface area contributed by atoms with Crippen LogP contribution < -0.4 is 4.74 Å². The minimum absolute atomic E-state index is 0.476. The summed E-state index contributed by atoms with van der Waals surface area (Å²) < 4.78 is 5.41. The highest BCUT2D eigenvalue weighted by atomic mass is 16.5. The van der Waals surface area contributed by atoms with Gasteiger partial charge in [-0.3, -0.25) is 0 Å². The summed E-state index contributed by atoms with van der Waals surface area (Å²) in [5, 5.41) is 0. The second-order valence-electron chi connectivity index (χ2n) is 3.11. The Bertz CT molecular complexity index is 313. The molecule has 1 aromatic rings. The van der Waals surface area contributed by atoms with Crippen LogP contribution in [0.2, 0.25) is 0 Å². The molecule has 0 aliphatic carbocycles. The lowest BCUT2D eigenvalue weighted by atomic mass is 10.1. The second kappa shape index (κ2) is 6.10. The van der Waals surface area contributed by atoms with Crippen LogP contribution in [0.15, 0.2) is 24.3 Å². The third-order valence-corrected chi connectivity index (χ3v) is 1.95. The average Bonchev–Trinajstić information content (AvgIpc) is 2.21. The van der Waals surface area contributed by atoms with E-state index in [1.54, 1.807) is 0 Å². The Morgan fingerprint density at radius 1 is 1.21 bits per heavy atom. The zero-order valence-corrected chi connectivity index (χ0v) is 8.84. The first-order valence-electron chi connectivity index (χ1n) is 4.98. The quantitative estimate of drug-likeness (QED) is 0.660. The average molecular weight is 188 g/mol. The molecule has 14 heavy (non-hydrogen) atoms. The minimum Gasteiger partial charge on any atom is -0.481 e. The molecule has 0 amide bonds. The van der Waals surface area contributed by atoms with Crippen LogP contribution in [0.5, 0.6) is 5.75 Å². The second-order valence-corrected chi connectivity index (χ2v) is 3.11. The maximum atomic E-state index is 5.41. The van der Waals surface area contributed by atoms with Crippen LogP contribution in [-0.2, 0) is 6.42 Å². The van der Waals surface area contributed by atoms with Crippen LogP contribution >= 0.6 is 0 Å². The minimum atomic E-state index is 0.476. The molecule has 74 valence electrons. The van der Waals surface area contributed by atoms with Crippen molar-refractivity contribution in [3.63, 3.8) is 0 Å². The van der Waals surface area contributed by atoms with E-state index in [4.69, 9.17) is 4.74 Å². The molecule has 0 atom stereocenters. The monoisotopic (exact) mass is 188 g/mol. The Labute approximate surface area is 86.1 Å². The van der Waals surface area contributed by atoms with Crippen LogP contribution in [0.3, 0.4) is 0 Å². The molecule has 0 N–H and O–H groups in total. The fourth-order valence-corrected chi connectivity index (χ4v) is 1.23. The number of hydrogen-bond donors (Lipinski definition) is 0. The van der Waals surface area contributed by atoms with Gasteiger partial charge in [0, 0.05) is 0 Å². The molecule has 0 saturated carbocycles. The van der Waals surface area contributed by atoms with Gasteiger partial charge in [-0.15, -0.1) is 5.92 Å². The molecule has 1 nitrogen and oxygen atoms in total. The SMILES string of the molecule is CC#CCOc1ccc(CCC)cc1. The van der Waals surface area contributed by atoms with E-state index in [1.165, 1.54) is 12.0 Å². The molecule has 0 aliphatic rings. The van der Waals surface area contributed by atoms with Gasteiger partial charge in [0.1, 0.15) is 12.4 Å². The van der Waals surface area contributed by atoms with Crippen LogP contribution in [-0.4, -0.2) is 6.61 Å². The number of aryl methyl sites for hydroxylation is 1.